The lowest BCUT2D eigenvalue weighted by atomic mass is 9.78. The molecule has 2 aliphatic heterocycles. The molecule has 2 amide bonds. The average Bonchev–Trinajstić information content (AvgIpc) is 3.57. The van der Waals surface area contributed by atoms with E-state index in [1.165, 1.54) is 0 Å². The number of benzene rings is 1. The number of hydrogen-bond acceptors (Lipinski definition) is 4. The Kier molecular flexibility index (Phi) is 6.78. The second-order valence-electron chi connectivity index (χ2n) is 9.27. The highest BCUT2D eigenvalue weighted by Gasteiger charge is 2.42. The molecule has 1 spiro atoms. The molecule has 3 aromatic rings. The van der Waals surface area contributed by atoms with E-state index in [9.17, 15) is 9.59 Å². The maximum absolute atomic E-state index is 13.2. The van der Waals surface area contributed by atoms with Gasteiger partial charge in [-0.05, 0) is 71.3 Å². The molecule has 2 aromatic heterocycles. The van der Waals surface area contributed by atoms with Gasteiger partial charge in [0.05, 0.1) is 5.56 Å². The summed E-state index contributed by atoms with van der Waals surface area (Å²) in [5.41, 5.74) is 3.40. The van der Waals surface area contributed by atoms with E-state index >= 15 is 0 Å². The number of likely N-dealkylation sites (tertiary alicyclic amines) is 2. The number of aromatic nitrogens is 1. The van der Waals surface area contributed by atoms with Crippen LogP contribution >= 0.6 is 11.3 Å². The van der Waals surface area contributed by atoms with Crippen molar-refractivity contribution in [2.24, 2.45) is 5.41 Å². The van der Waals surface area contributed by atoms with E-state index in [0.717, 1.165) is 62.1 Å². The largest absolute Gasteiger partial charge is 0.339 e. The summed E-state index contributed by atoms with van der Waals surface area (Å²) in [6.07, 6.45) is 9.70. The molecule has 5 nitrogen and oxygen atoms in total. The summed E-state index contributed by atoms with van der Waals surface area (Å²) < 4.78 is 0. The minimum Gasteiger partial charge on any atom is -0.339 e. The highest BCUT2D eigenvalue weighted by atomic mass is 32.1. The number of carbonyl (C=O) groups is 2. The lowest BCUT2D eigenvalue weighted by molar-refractivity contribution is -0.128. The summed E-state index contributed by atoms with van der Waals surface area (Å²) in [6.45, 7) is 2.95. The molecule has 176 valence electrons. The van der Waals surface area contributed by atoms with Crippen molar-refractivity contribution in [1.29, 1.82) is 0 Å². The molecular weight excluding hydrogens is 454 g/mol. The highest BCUT2D eigenvalue weighted by molar-refractivity contribution is 7.08. The van der Waals surface area contributed by atoms with Gasteiger partial charge in [-0.2, -0.15) is 11.3 Å². The van der Waals surface area contributed by atoms with Crippen LogP contribution in [0, 0.1) is 17.3 Å². The molecule has 5 rings (SSSR count). The van der Waals surface area contributed by atoms with E-state index in [4.69, 9.17) is 0 Å². The fraction of sp³-hybridized carbons (Fsp3) is 0.276. The Balaban J connectivity index is 1.18. The Labute approximate surface area is 210 Å². The van der Waals surface area contributed by atoms with Gasteiger partial charge < -0.3 is 9.80 Å². The van der Waals surface area contributed by atoms with Gasteiger partial charge in [0.2, 0.25) is 5.91 Å². The van der Waals surface area contributed by atoms with Gasteiger partial charge in [-0.25, -0.2) is 0 Å². The number of hydrogen-bond donors (Lipinski definition) is 0. The van der Waals surface area contributed by atoms with Crippen molar-refractivity contribution in [2.45, 2.75) is 19.3 Å². The summed E-state index contributed by atoms with van der Waals surface area (Å²) in [4.78, 5) is 34.0. The third-order valence-electron chi connectivity index (χ3n) is 6.93. The van der Waals surface area contributed by atoms with Crippen LogP contribution in [0.15, 0.2) is 71.7 Å². The van der Waals surface area contributed by atoms with Crippen LogP contribution in [-0.4, -0.2) is 52.8 Å². The molecule has 2 fully saturated rings. The van der Waals surface area contributed by atoms with Gasteiger partial charge in [-0.1, -0.05) is 30.0 Å². The Morgan fingerprint density at radius 1 is 0.943 bits per heavy atom. The Morgan fingerprint density at radius 3 is 2.43 bits per heavy atom. The van der Waals surface area contributed by atoms with Gasteiger partial charge in [-0.15, -0.1) is 0 Å². The molecule has 0 radical (unpaired) electrons. The van der Waals surface area contributed by atoms with Gasteiger partial charge in [0, 0.05) is 55.8 Å². The van der Waals surface area contributed by atoms with Gasteiger partial charge in [-0.3, -0.25) is 14.6 Å². The molecule has 1 aromatic carbocycles. The second-order valence-corrected chi connectivity index (χ2v) is 10.1. The molecule has 35 heavy (non-hydrogen) atoms. The van der Waals surface area contributed by atoms with E-state index in [-0.39, 0.29) is 17.2 Å². The molecule has 0 unspecified atom stereocenters. The first-order valence-electron chi connectivity index (χ1n) is 11.9. The van der Waals surface area contributed by atoms with Crippen molar-refractivity contribution in [2.75, 3.05) is 26.2 Å². The zero-order valence-corrected chi connectivity index (χ0v) is 20.3. The number of nitrogens with zero attached hydrogens (tertiary/aromatic N) is 3. The van der Waals surface area contributed by atoms with Crippen molar-refractivity contribution in [3.63, 3.8) is 0 Å². The van der Waals surface area contributed by atoms with Crippen molar-refractivity contribution in [3.05, 3.63) is 93.9 Å². The van der Waals surface area contributed by atoms with E-state index in [0.29, 0.717) is 5.56 Å². The fourth-order valence-electron chi connectivity index (χ4n) is 4.83. The molecule has 6 heteroatoms. The van der Waals surface area contributed by atoms with Crippen molar-refractivity contribution < 1.29 is 9.59 Å². The zero-order chi connectivity index (χ0) is 24.1. The SMILES string of the molecule is O=C(/C=C/c1ccsc1)N1CCC2(CC1)CCN(C(=O)c1cncc(C#Cc3ccccc3)c1)C2. The number of carbonyl (C=O) groups excluding carboxylic acids is 2. The van der Waals surface area contributed by atoms with Crippen LogP contribution in [0.25, 0.3) is 6.08 Å². The maximum Gasteiger partial charge on any atom is 0.255 e. The van der Waals surface area contributed by atoms with E-state index in [1.54, 1.807) is 29.8 Å². The summed E-state index contributed by atoms with van der Waals surface area (Å²) >= 11 is 1.62. The number of rotatable bonds is 3. The van der Waals surface area contributed by atoms with Crippen LogP contribution in [0.4, 0.5) is 0 Å². The smallest absolute Gasteiger partial charge is 0.255 e. The van der Waals surface area contributed by atoms with Crippen LogP contribution in [0.3, 0.4) is 0 Å². The standard InChI is InChI=1S/C29H27N3O2S/c33-27(9-8-24-10-17-35-21-24)31-14-11-29(12-15-31)13-16-32(22-29)28(34)26-18-25(19-30-20-26)7-6-23-4-2-1-3-5-23/h1-5,8-10,17-21H,11-16,22H2/b9-8+. The van der Waals surface area contributed by atoms with Crippen molar-refractivity contribution in [3.8, 4) is 11.8 Å². The highest BCUT2D eigenvalue weighted by Crippen LogP contribution is 2.40. The van der Waals surface area contributed by atoms with Crippen LogP contribution in [0.5, 0.6) is 0 Å². The van der Waals surface area contributed by atoms with Gasteiger partial charge in [0.15, 0.2) is 0 Å². The summed E-state index contributed by atoms with van der Waals surface area (Å²) in [6, 6.07) is 13.6. The Morgan fingerprint density at radius 2 is 1.69 bits per heavy atom. The van der Waals surface area contributed by atoms with Gasteiger partial charge >= 0.3 is 0 Å². The maximum atomic E-state index is 13.2. The third kappa shape index (κ3) is 5.52. The zero-order valence-electron chi connectivity index (χ0n) is 19.5. The van der Waals surface area contributed by atoms with Crippen LogP contribution < -0.4 is 0 Å². The van der Waals surface area contributed by atoms with E-state index in [1.807, 2.05) is 69.1 Å². The number of thiophene rings is 1. The van der Waals surface area contributed by atoms with E-state index < -0.39 is 0 Å². The first kappa shape index (κ1) is 23.1. The Hall–Kier alpha value is -3.69. The summed E-state index contributed by atoms with van der Waals surface area (Å²) in [7, 11) is 0. The average molecular weight is 482 g/mol. The summed E-state index contributed by atoms with van der Waals surface area (Å²) in [5.74, 6) is 6.31. The number of piperidine rings is 1. The fourth-order valence-corrected chi connectivity index (χ4v) is 5.46. The first-order chi connectivity index (χ1) is 17.1. The third-order valence-corrected chi connectivity index (χ3v) is 7.63. The minimum absolute atomic E-state index is 0.00920. The van der Waals surface area contributed by atoms with Crippen molar-refractivity contribution in [1.82, 2.24) is 14.8 Å². The lowest BCUT2D eigenvalue weighted by Gasteiger charge is -2.38. The predicted molar refractivity (Wildman–Crippen MR) is 139 cm³/mol. The molecule has 2 aliphatic rings. The van der Waals surface area contributed by atoms with Gasteiger partial charge in [0.25, 0.3) is 5.91 Å². The lowest BCUT2D eigenvalue weighted by Crippen LogP contribution is -2.44. The van der Waals surface area contributed by atoms with Crippen molar-refractivity contribution >= 4 is 29.2 Å². The number of pyridine rings is 1. The molecule has 0 saturated carbocycles. The summed E-state index contributed by atoms with van der Waals surface area (Å²) in [5, 5.41) is 4.03. The molecule has 0 N–H and O–H groups in total. The molecule has 0 atom stereocenters. The molecular formula is C29H27N3O2S. The quantitative estimate of drug-likeness (QED) is 0.402. The predicted octanol–water partition coefficient (Wildman–Crippen LogP) is 4.71. The molecule has 0 bridgehead atoms. The number of amides is 2. The van der Waals surface area contributed by atoms with Crippen LogP contribution in [0.1, 0.15) is 46.3 Å². The topological polar surface area (TPSA) is 53.5 Å². The first-order valence-corrected chi connectivity index (χ1v) is 12.9. The Bertz CT molecular complexity index is 1280. The monoisotopic (exact) mass is 481 g/mol. The van der Waals surface area contributed by atoms with Crippen LogP contribution in [0.2, 0.25) is 0 Å². The molecule has 0 aliphatic carbocycles. The van der Waals surface area contributed by atoms with Gasteiger partial charge in [0.1, 0.15) is 0 Å². The second kappa shape index (κ2) is 10.3. The molecule has 4 heterocycles. The molecule has 2 saturated heterocycles. The normalized spacial score (nSPS) is 16.9. The van der Waals surface area contributed by atoms with Crippen LogP contribution in [-0.2, 0) is 4.79 Å². The van der Waals surface area contributed by atoms with E-state index in [2.05, 4.69) is 16.8 Å². The minimum atomic E-state index is 0.00920.